The average molecular weight is 262 g/mol. The monoisotopic (exact) mass is 262 g/mol. The molecule has 1 aliphatic rings. The first-order valence-electron chi connectivity index (χ1n) is 6.32. The fourth-order valence-corrected chi connectivity index (χ4v) is 1.97. The molecule has 6 heteroatoms. The zero-order chi connectivity index (χ0) is 13.7. The zero-order valence-electron chi connectivity index (χ0n) is 11.0. The number of carbonyl (C=O) groups excluding carboxylic acids is 2. The first-order chi connectivity index (χ1) is 9.16. The van der Waals surface area contributed by atoms with E-state index >= 15 is 0 Å². The molecule has 6 nitrogen and oxygen atoms in total. The van der Waals surface area contributed by atoms with Crippen LogP contribution in [0.2, 0.25) is 0 Å². The molecule has 0 aromatic carbocycles. The van der Waals surface area contributed by atoms with E-state index in [1.54, 1.807) is 29.2 Å². The van der Waals surface area contributed by atoms with E-state index in [9.17, 15) is 9.59 Å². The number of rotatable bonds is 5. The number of hydrogen-bond acceptors (Lipinski definition) is 3. The van der Waals surface area contributed by atoms with Gasteiger partial charge in [-0.2, -0.15) is 0 Å². The minimum absolute atomic E-state index is 0.0811. The molecule has 1 fully saturated rings. The van der Waals surface area contributed by atoms with E-state index in [0.29, 0.717) is 19.6 Å². The molecule has 0 atom stereocenters. The Morgan fingerprint density at radius 3 is 2.95 bits per heavy atom. The highest BCUT2D eigenvalue weighted by Gasteiger charge is 2.26. The van der Waals surface area contributed by atoms with Crippen molar-refractivity contribution >= 4 is 11.9 Å². The van der Waals surface area contributed by atoms with Gasteiger partial charge in [0.15, 0.2) is 0 Å². The molecule has 0 bridgehead atoms. The number of carbonyl (C=O) groups is 2. The lowest BCUT2D eigenvalue weighted by molar-refractivity contribution is -0.121. The van der Waals surface area contributed by atoms with Crippen molar-refractivity contribution in [1.82, 2.24) is 20.1 Å². The molecule has 102 valence electrons. The van der Waals surface area contributed by atoms with Crippen molar-refractivity contribution in [3.8, 4) is 0 Å². The summed E-state index contributed by atoms with van der Waals surface area (Å²) in [6.45, 7) is 1.99. The lowest BCUT2D eigenvalue weighted by Crippen LogP contribution is -2.39. The molecule has 3 amide bonds. The molecule has 1 aromatic heterocycles. The van der Waals surface area contributed by atoms with Gasteiger partial charge in [-0.25, -0.2) is 4.79 Å². The number of aromatic nitrogens is 1. The van der Waals surface area contributed by atoms with Gasteiger partial charge in [-0.05, 0) is 18.1 Å². The molecular formula is C13H18N4O2. The molecule has 0 radical (unpaired) electrons. The fourth-order valence-electron chi connectivity index (χ4n) is 1.97. The van der Waals surface area contributed by atoms with Crippen LogP contribution in [0.1, 0.15) is 5.56 Å². The highest BCUT2D eigenvalue weighted by atomic mass is 16.2. The summed E-state index contributed by atoms with van der Waals surface area (Å²) >= 11 is 0. The van der Waals surface area contributed by atoms with Crippen LogP contribution in [0, 0.1) is 0 Å². The number of amides is 3. The van der Waals surface area contributed by atoms with Gasteiger partial charge in [0.05, 0.1) is 0 Å². The molecule has 1 aromatic rings. The average Bonchev–Trinajstić information content (AvgIpc) is 2.72. The van der Waals surface area contributed by atoms with Gasteiger partial charge in [0.2, 0.25) is 5.91 Å². The van der Waals surface area contributed by atoms with Crippen LogP contribution in [0.5, 0.6) is 0 Å². The van der Waals surface area contributed by atoms with Crippen molar-refractivity contribution in [1.29, 1.82) is 0 Å². The Labute approximate surface area is 112 Å². The SMILES string of the molecule is CN1CCN(CC(=O)NCCc2cccnc2)C1=O. The summed E-state index contributed by atoms with van der Waals surface area (Å²) in [6, 6.07) is 3.76. The van der Waals surface area contributed by atoms with Gasteiger partial charge >= 0.3 is 6.03 Å². The number of nitrogens with zero attached hydrogens (tertiary/aromatic N) is 3. The van der Waals surface area contributed by atoms with Crippen LogP contribution < -0.4 is 5.32 Å². The van der Waals surface area contributed by atoms with E-state index in [-0.39, 0.29) is 18.5 Å². The van der Waals surface area contributed by atoms with E-state index in [1.165, 1.54) is 0 Å². The molecule has 0 unspecified atom stereocenters. The Balaban J connectivity index is 1.69. The topological polar surface area (TPSA) is 65.5 Å². The van der Waals surface area contributed by atoms with Crippen LogP contribution in [0.15, 0.2) is 24.5 Å². The summed E-state index contributed by atoms with van der Waals surface area (Å²) in [7, 11) is 1.74. The summed E-state index contributed by atoms with van der Waals surface area (Å²) in [5, 5.41) is 2.81. The van der Waals surface area contributed by atoms with Crippen LogP contribution in [-0.2, 0) is 11.2 Å². The van der Waals surface area contributed by atoms with Gasteiger partial charge in [-0.15, -0.1) is 0 Å². The molecule has 2 heterocycles. The lowest BCUT2D eigenvalue weighted by Gasteiger charge is -2.15. The molecule has 0 saturated carbocycles. The predicted octanol–water partition coefficient (Wildman–Crippen LogP) is 0.108. The number of urea groups is 1. The molecule has 1 saturated heterocycles. The first kappa shape index (κ1) is 13.3. The number of hydrogen-bond donors (Lipinski definition) is 1. The van der Waals surface area contributed by atoms with E-state index in [2.05, 4.69) is 10.3 Å². The number of likely N-dealkylation sites (N-methyl/N-ethyl adjacent to an activating group) is 1. The molecule has 1 N–H and O–H groups in total. The van der Waals surface area contributed by atoms with Crippen LogP contribution in [0.4, 0.5) is 4.79 Å². The van der Waals surface area contributed by atoms with Gasteiger partial charge in [0, 0.05) is 39.1 Å². The lowest BCUT2D eigenvalue weighted by atomic mass is 10.2. The molecular weight excluding hydrogens is 244 g/mol. The highest BCUT2D eigenvalue weighted by molar-refractivity contribution is 5.84. The maximum Gasteiger partial charge on any atom is 0.320 e. The molecule has 2 rings (SSSR count). The normalized spacial score (nSPS) is 14.9. The zero-order valence-corrected chi connectivity index (χ0v) is 11.0. The Kier molecular flexibility index (Phi) is 4.33. The highest BCUT2D eigenvalue weighted by Crippen LogP contribution is 2.04. The van der Waals surface area contributed by atoms with Crippen molar-refractivity contribution in [3.05, 3.63) is 30.1 Å². The van der Waals surface area contributed by atoms with Gasteiger partial charge in [0.25, 0.3) is 0 Å². The van der Waals surface area contributed by atoms with E-state index in [1.807, 2.05) is 12.1 Å². The minimum Gasteiger partial charge on any atom is -0.354 e. The maximum atomic E-state index is 11.7. The van der Waals surface area contributed by atoms with Crippen molar-refractivity contribution < 1.29 is 9.59 Å². The van der Waals surface area contributed by atoms with Gasteiger partial charge in [-0.3, -0.25) is 9.78 Å². The fraction of sp³-hybridized carbons (Fsp3) is 0.462. The minimum atomic E-state index is -0.118. The third-order valence-corrected chi connectivity index (χ3v) is 3.10. The van der Waals surface area contributed by atoms with Crippen molar-refractivity contribution in [2.24, 2.45) is 0 Å². The Bertz CT molecular complexity index is 449. The summed E-state index contributed by atoms with van der Waals surface area (Å²) in [5.74, 6) is -0.118. The van der Waals surface area contributed by atoms with Crippen LogP contribution in [-0.4, -0.2) is 59.9 Å². The maximum absolute atomic E-state index is 11.7. The van der Waals surface area contributed by atoms with Crippen LogP contribution >= 0.6 is 0 Å². The van der Waals surface area contributed by atoms with E-state index in [4.69, 9.17) is 0 Å². The van der Waals surface area contributed by atoms with Crippen LogP contribution in [0.25, 0.3) is 0 Å². The summed E-state index contributed by atoms with van der Waals surface area (Å²) in [5.41, 5.74) is 1.08. The summed E-state index contributed by atoms with van der Waals surface area (Å²) in [6.07, 6.45) is 4.25. The van der Waals surface area contributed by atoms with Gasteiger partial charge < -0.3 is 15.1 Å². The number of nitrogens with one attached hydrogen (secondary N) is 1. The third-order valence-electron chi connectivity index (χ3n) is 3.10. The Hall–Kier alpha value is -2.11. The second-order valence-corrected chi connectivity index (χ2v) is 4.59. The van der Waals surface area contributed by atoms with Crippen molar-refractivity contribution in [2.45, 2.75) is 6.42 Å². The van der Waals surface area contributed by atoms with E-state index in [0.717, 1.165) is 12.0 Å². The molecule has 1 aliphatic heterocycles. The largest absolute Gasteiger partial charge is 0.354 e. The second kappa shape index (κ2) is 6.17. The third kappa shape index (κ3) is 3.67. The van der Waals surface area contributed by atoms with Crippen molar-refractivity contribution in [3.63, 3.8) is 0 Å². The van der Waals surface area contributed by atoms with E-state index < -0.39 is 0 Å². The van der Waals surface area contributed by atoms with Crippen LogP contribution in [0.3, 0.4) is 0 Å². The predicted molar refractivity (Wildman–Crippen MR) is 70.5 cm³/mol. The smallest absolute Gasteiger partial charge is 0.320 e. The van der Waals surface area contributed by atoms with Gasteiger partial charge in [-0.1, -0.05) is 6.07 Å². The van der Waals surface area contributed by atoms with Crippen molar-refractivity contribution in [2.75, 3.05) is 33.2 Å². The molecule has 0 aliphatic carbocycles. The summed E-state index contributed by atoms with van der Waals surface area (Å²) in [4.78, 5) is 30.5. The first-order valence-corrected chi connectivity index (χ1v) is 6.32. The quantitative estimate of drug-likeness (QED) is 0.819. The summed E-state index contributed by atoms with van der Waals surface area (Å²) < 4.78 is 0. The Morgan fingerprint density at radius 1 is 1.47 bits per heavy atom. The molecule has 0 spiro atoms. The van der Waals surface area contributed by atoms with Gasteiger partial charge in [0.1, 0.15) is 6.54 Å². The second-order valence-electron chi connectivity index (χ2n) is 4.59. The standard InChI is InChI=1S/C13H18N4O2/c1-16-7-8-17(13(16)19)10-12(18)15-6-4-11-3-2-5-14-9-11/h2-3,5,9H,4,6-8,10H2,1H3,(H,15,18). The number of pyridine rings is 1. The Morgan fingerprint density at radius 2 is 2.32 bits per heavy atom. The molecule has 19 heavy (non-hydrogen) atoms.